The third-order valence-corrected chi connectivity index (χ3v) is 4.12. The molecule has 10 heteroatoms. The van der Waals surface area contributed by atoms with Crippen molar-refractivity contribution in [3.63, 3.8) is 0 Å². The van der Waals surface area contributed by atoms with Gasteiger partial charge in [0.05, 0.1) is 12.1 Å². The molecule has 8 nitrogen and oxygen atoms in total. The van der Waals surface area contributed by atoms with Gasteiger partial charge in [-0.1, -0.05) is 17.3 Å². The first-order valence-corrected chi connectivity index (χ1v) is 8.64. The zero-order valence-corrected chi connectivity index (χ0v) is 17.4. The molecular weight excluding hydrogens is 413 g/mol. The lowest BCUT2D eigenvalue weighted by Crippen LogP contribution is -2.20. The first-order chi connectivity index (χ1) is 13.2. The van der Waals surface area contributed by atoms with Crippen LogP contribution in [0, 0.1) is 0 Å². The largest absolute Gasteiger partial charge is 0.350 e. The van der Waals surface area contributed by atoms with Crippen molar-refractivity contribution < 1.29 is 4.52 Å². The Balaban J connectivity index is 0.00000150. The summed E-state index contributed by atoms with van der Waals surface area (Å²) in [6.07, 6.45) is 4.03. The Morgan fingerprint density at radius 1 is 1.03 bits per heavy atom. The van der Waals surface area contributed by atoms with Gasteiger partial charge in [0, 0.05) is 36.8 Å². The van der Waals surface area contributed by atoms with Crippen LogP contribution in [0.2, 0.25) is 0 Å². The maximum absolute atomic E-state index is 5.68. The molecule has 0 bridgehead atoms. The van der Waals surface area contributed by atoms with E-state index < -0.39 is 0 Å². The molecule has 0 radical (unpaired) electrons. The van der Waals surface area contributed by atoms with E-state index in [1.807, 2.05) is 48.3 Å². The minimum atomic E-state index is 0. The van der Waals surface area contributed by atoms with Crippen LogP contribution in [0.15, 0.2) is 53.3 Å². The van der Waals surface area contributed by atoms with Crippen LogP contribution >= 0.6 is 24.8 Å². The van der Waals surface area contributed by atoms with Crippen LogP contribution < -0.4 is 10.6 Å². The molecule has 0 aliphatic heterocycles. The summed E-state index contributed by atoms with van der Waals surface area (Å²) in [5, 5.41) is 5.01. The van der Waals surface area contributed by atoms with E-state index in [2.05, 4.69) is 25.1 Å². The van der Waals surface area contributed by atoms with Crippen molar-refractivity contribution >= 4 is 41.5 Å². The molecule has 0 atom stereocenters. The minimum Gasteiger partial charge on any atom is -0.350 e. The van der Waals surface area contributed by atoms with Crippen molar-refractivity contribution in [3.05, 3.63) is 60.5 Å². The van der Waals surface area contributed by atoms with Crippen LogP contribution in [-0.4, -0.2) is 38.7 Å². The highest BCUT2D eigenvalue weighted by molar-refractivity contribution is 5.89. The standard InChI is InChI=1S/C19H19N7O.2ClH/c1-26(12-17-24-18(25-27-17)13-5-4-10-21-11-13)19-14-6-2-3-7-15(14)22-16(23-19)8-9-20;;/h2-7,10-11H,8-9,12,20H2,1H3;2*1H. The van der Waals surface area contributed by atoms with Gasteiger partial charge >= 0.3 is 0 Å². The lowest BCUT2D eigenvalue weighted by atomic mass is 10.2. The first-order valence-electron chi connectivity index (χ1n) is 8.64. The average Bonchev–Trinajstić information content (AvgIpc) is 3.17. The summed E-state index contributed by atoms with van der Waals surface area (Å²) in [5.74, 6) is 2.55. The van der Waals surface area contributed by atoms with Crippen molar-refractivity contribution in [3.8, 4) is 11.4 Å². The van der Waals surface area contributed by atoms with Gasteiger partial charge in [0.15, 0.2) is 0 Å². The van der Waals surface area contributed by atoms with Gasteiger partial charge in [0.1, 0.15) is 11.6 Å². The number of aromatic nitrogens is 5. The van der Waals surface area contributed by atoms with E-state index in [1.54, 1.807) is 12.4 Å². The number of fused-ring (bicyclic) bond motifs is 1. The predicted molar refractivity (Wildman–Crippen MR) is 116 cm³/mol. The highest BCUT2D eigenvalue weighted by Crippen LogP contribution is 2.24. The number of anilines is 1. The normalized spacial score (nSPS) is 10.3. The summed E-state index contributed by atoms with van der Waals surface area (Å²) in [7, 11) is 1.94. The molecule has 4 aromatic rings. The van der Waals surface area contributed by atoms with Gasteiger partial charge in [-0.3, -0.25) is 4.98 Å². The molecule has 0 saturated carbocycles. The molecule has 0 unspecified atom stereocenters. The zero-order valence-electron chi connectivity index (χ0n) is 15.7. The molecule has 152 valence electrons. The van der Waals surface area contributed by atoms with Crippen molar-refractivity contribution in [2.24, 2.45) is 5.73 Å². The third kappa shape index (κ3) is 4.97. The SMILES string of the molecule is CN(Cc1nc(-c2cccnc2)no1)c1nc(CCN)nc2ccccc12.Cl.Cl. The Morgan fingerprint density at radius 2 is 1.86 bits per heavy atom. The Labute approximate surface area is 180 Å². The number of halogens is 2. The summed E-state index contributed by atoms with van der Waals surface area (Å²) in [5.41, 5.74) is 7.38. The summed E-state index contributed by atoms with van der Waals surface area (Å²) in [6.45, 7) is 0.927. The van der Waals surface area contributed by atoms with Crippen LogP contribution in [0.4, 0.5) is 5.82 Å². The number of nitrogens with zero attached hydrogens (tertiary/aromatic N) is 6. The van der Waals surface area contributed by atoms with Crippen molar-refractivity contribution in [2.45, 2.75) is 13.0 Å². The van der Waals surface area contributed by atoms with Crippen LogP contribution in [0.1, 0.15) is 11.7 Å². The fourth-order valence-corrected chi connectivity index (χ4v) is 2.85. The molecule has 2 N–H and O–H groups in total. The smallest absolute Gasteiger partial charge is 0.246 e. The van der Waals surface area contributed by atoms with Crippen LogP contribution in [0.25, 0.3) is 22.3 Å². The highest BCUT2D eigenvalue weighted by atomic mass is 35.5. The molecule has 4 rings (SSSR count). The van der Waals surface area contributed by atoms with E-state index in [1.165, 1.54) is 0 Å². The van der Waals surface area contributed by atoms with Gasteiger partial charge in [0.25, 0.3) is 0 Å². The number of nitrogens with two attached hydrogens (primary N) is 1. The number of rotatable bonds is 6. The van der Waals surface area contributed by atoms with Gasteiger partial charge in [-0.15, -0.1) is 24.8 Å². The van der Waals surface area contributed by atoms with Crippen LogP contribution in [-0.2, 0) is 13.0 Å². The summed E-state index contributed by atoms with van der Waals surface area (Å²) in [6, 6.07) is 11.6. The Hall–Kier alpha value is -2.81. The van der Waals surface area contributed by atoms with Gasteiger partial charge in [-0.2, -0.15) is 4.98 Å². The number of benzene rings is 1. The second-order valence-corrected chi connectivity index (χ2v) is 6.13. The maximum Gasteiger partial charge on any atom is 0.246 e. The molecule has 3 aromatic heterocycles. The van der Waals surface area contributed by atoms with Crippen molar-refractivity contribution in [1.82, 2.24) is 25.1 Å². The van der Waals surface area contributed by atoms with Gasteiger partial charge < -0.3 is 15.2 Å². The molecular formula is C19H21Cl2N7O. The Morgan fingerprint density at radius 3 is 2.62 bits per heavy atom. The molecule has 0 spiro atoms. The Kier molecular flexibility index (Phi) is 7.83. The number of para-hydroxylation sites is 1. The van der Waals surface area contributed by atoms with Gasteiger partial charge in [-0.05, 0) is 30.8 Å². The van der Waals surface area contributed by atoms with Crippen LogP contribution in [0.5, 0.6) is 0 Å². The topological polar surface area (TPSA) is 107 Å². The van der Waals surface area contributed by atoms with E-state index in [9.17, 15) is 0 Å². The lowest BCUT2D eigenvalue weighted by molar-refractivity contribution is 0.378. The van der Waals surface area contributed by atoms with E-state index in [-0.39, 0.29) is 24.8 Å². The monoisotopic (exact) mass is 433 g/mol. The molecule has 0 amide bonds. The zero-order chi connectivity index (χ0) is 18.6. The molecule has 29 heavy (non-hydrogen) atoms. The fraction of sp³-hybridized carbons (Fsp3) is 0.211. The molecule has 0 aliphatic carbocycles. The average molecular weight is 434 g/mol. The quantitative estimate of drug-likeness (QED) is 0.494. The first kappa shape index (κ1) is 22.5. The third-order valence-electron chi connectivity index (χ3n) is 4.12. The highest BCUT2D eigenvalue weighted by Gasteiger charge is 2.15. The Bertz CT molecular complexity index is 1060. The van der Waals surface area contributed by atoms with Gasteiger partial charge in [-0.25, -0.2) is 9.97 Å². The van der Waals surface area contributed by atoms with Crippen molar-refractivity contribution in [1.29, 1.82) is 0 Å². The lowest BCUT2D eigenvalue weighted by Gasteiger charge is -2.18. The van der Waals surface area contributed by atoms with E-state index in [0.717, 1.165) is 28.1 Å². The number of hydrogen-bond acceptors (Lipinski definition) is 8. The predicted octanol–water partition coefficient (Wildman–Crippen LogP) is 3.06. The molecule has 3 heterocycles. The van der Waals surface area contributed by atoms with Crippen molar-refractivity contribution in [2.75, 3.05) is 18.5 Å². The molecule has 0 aliphatic rings. The second kappa shape index (κ2) is 10.1. The molecule has 1 aromatic carbocycles. The summed E-state index contributed by atoms with van der Waals surface area (Å²) in [4.78, 5) is 19.8. The summed E-state index contributed by atoms with van der Waals surface area (Å²) < 4.78 is 5.41. The van der Waals surface area contributed by atoms with E-state index >= 15 is 0 Å². The second-order valence-electron chi connectivity index (χ2n) is 6.13. The minimum absolute atomic E-state index is 0. The molecule has 0 saturated heterocycles. The van der Waals surface area contributed by atoms with Gasteiger partial charge in [0.2, 0.25) is 11.7 Å². The van der Waals surface area contributed by atoms with E-state index in [4.69, 9.17) is 10.3 Å². The number of pyridine rings is 1. The maximum atomic E-state index is 5.68. The van der Waals surface area contributed by atoms with Crippen LogP contribution in [0.3, 0.4) is 0 Å². The van der Waals surface area contributed by atoms with E-state index in [0.29, 0.717) is 31.2 Å². The fourth-order valence-electron chi connectivity index (χ4n) is 2.85. The summed E-state index contributed by atoms with van der Waals surface area (Å²) >= 11 is 0. The number of hydrogen-bond donors (Lipinski definition) is 1. The molecule has 0 fully saturated rings.